The Kier molecular flexibility index (Phi) is 3.82. The fourth-order valence-corrected chi connectivity index (χ4v) is 1.85. The van der Waals surface area contributed by atoms with Crippen LogP contribution in [-0.2, 0) is 9.53 Å². The molecule has 104 valence electrons. The molecule has 1 aromatic heterocycles. The molecule has 1 aliphatic rings. The van der Waals surface area contributed by atoms with E-state index in [0.29, 0.717) is 5.92 Å². The third-order valence-corrected chi connectivity index (χ3v) is 3.16. The number of carbonyl (C=O) groups is 2. The van der Waals surface area contributed by atoms with Gasteiger partial charge in [-0.1, -0.05) is 6.92 Å². The van der Waals surface area contributed by atoms with Crippen LogP contribution in [-0.4, -0.2) is 52.7 Å². The lowest BCUT2D eigenvalue weighted by Crippen LogP contribution is -2.34. The molecule has 1 N–H and O–H groups in total. The molecule has 0 aliphatic heterocycles. The molecule has 0 spiro atoms. The number of ether oxygens (including phenoxy) is 1. The Morgan fingerprint density at radius 1 is 1.53 bits per heavy atom. The highest BCUT2D eigenvalue weighted by Gasteiger charge is 2.29. The SMILES string of the molecule is COC(=O)C(C)CN(C)C(=O)c1n[nH]c(C2CC2)n1. The summed E-state index contributed by atoms with van der Waals surface area (Å²) in [5, 5.41) is 6.72. The summed E-state index contributed by atoms with van der Waals surface area (Å²) in [6.45, 7) is 1.99. The van der Waals surface area contributed by atoms with E-state index in [4.69, 9.17) is 0 Å². The summed E-state index contributed by atoms with van der Waals surface area (Å²) in [4.78, 5) is 29.0. The molecule has 0 bridgehead atoms. The zero-order valence-electron chi connectivity index (χ0n) is 11.3. The number of nitrogens with one attached hydrogen (secondary N) is 1. The Balaban J connectivity index is 1.95. The van der Waals surface area contributed by atoms with Crippen LogP contribution in [0.2, 0.25) is 0 Å². The summed E-state index contributed by atoms with van der Waals surface area (Å²) in [6, 6.07) is 0. The highest BCUT2D eigenvalue weighted by Crippen LogP contribution is 2.37. The van der Waals surface area contributed by atoms with E-state index < -0.39 is 0 Å². The maximum Gasteiger partial charge on any atom is 0.310 e. The molecular weight excluding hydrogens is 248 g/mol. The fourth-order valence-electron chi connectivity index (χ4n) is 1.85. The normalized spacial score (nSPS) is 15.9. The number of carbonyl (C=O) groups excluding carboxylic acids is 2. The summed E-state index contributed by atoms with van der Waals surface area (Å²) in [6.07, 6.45) is 2.19. The second-order valence-electron chi connectivity index (χ2n) is 4.93. The maximum absolute atomic E-state index is 12.1. The predicted octanol–water partition coefficient (Wildman–Crippen LogP) is 0.563. The van der Waals surface area contributed by atoms with Crippen molar-refractivity contribution in [2.24, 2.45) is 5.92 Å². The van der Waals surface area contributed by atoms with Crippen LogP contribution in [0.3, 0.4) is 0 Å². The van der Waals surface area contributed by atoms with Gasteiger partial charge in [-0.2, -0.15) is 0 Å². The van der Waals surface area contributed by atoms with Crippen molar-refractivity contribution in [2.45, 2.75) is 25.7 Å². The van der Waals surface area contributed by atoms with Crippen molar-refractivity contribution in [3.05, 3.63) is 11.6 Å². The summed E-state index contributed by atoms with van der Waals surface area (Å²) >= 11 is 0. The lowest BCUT2D eigenvalue weighted by molar-refractivity contribution is -0.145. The summed E-state index contributed by atoms with van der Waals surface area (Å²) in [5.41, 5.74) is 0. The van der Waals surface area contributed by atoms with Crippen LogP contribution in [0, 0.1) is 5.92 Å². The number of amides is 1. The van der Waals surface area contributed by atoms with Crippen molar-refractivity contribution in [1.29, 1.82) is 0 Å². The number of aromatic amines is 1. The lowest BCUT2D eigenvalue weighted by atomic mass is 10.2. The van der Waals surface area contributed by atoms with E-state index in [1.54, 1.807) is 14.0 Å². The number of nitrogens with zero attached hydrogens (tertiary/aromatic N) is 3. The van der Waals surface area contributed by atoms with Crippen molar-refractivity contribution in [1.82, 2.24) is 20.1 Å². The van der Waals surface area contributed by atoms with E-state index in [0.717, 1.165) is 18.7 Å². The first kappa shape index (κ1) is 13.5. The van der Waals surface area contributed by atoms with Crippen molar-refractivity contribution in [2.75, 3.05) is 20.7 Å². The minimum absolute atomic E-state index is 0.154. The fraction of sp³-hybridized carbons (Fsp3) is 0.667. The average Bonchev–Trinajstić information content (AvgIpc) is 3.14. The first-order valence-corrected chi connectivity index (χ1v) is 6.28. The molecule has 7 heteroatoms. The summed E-state index contributed by atoms with van der Waals surface area (Å²) < 4.78 is 4.63. The van der Waals surface area contributed by atoms with Crippen molar-refractivity contribution >= 4 is 11.9 Å². The molecule has 19 heavy (non-hydrogen) atoms. The second kappa shape index (κ2) is 5.38. The van der Waals surface area contributed by atoms with Crippen LogP contribution in [0.1, 0.15) is 42.1 Å². The van der Waals surface area contributed by atoms with Crippen molar-refractivity contribution < 1.29 is 14.3 Å². The molecule has 0 aromatic carbocycles. The van der Waals surface area contributed by atoms with Crippen LogP contribution in [0.25, 0.3) is 0 Å². The smallest absolute Gasteiger partial charge is 0.310 e. The molecule has 2 rings (SSSR count). The van der Waals surface area contributed by atoms with Gasteiger partial charge in [-0.15, -0.1) is 5.10 Å². The van der Waals surface area contributed by atoms with Gasteiger partial charge in [-0.3, -0.25) is 14.7 Å². The van der Waals surface area contributed by atoms with Gasteiger partial charge < -0.3 is 9.64 Å². The third kappa shape index (κ3) is 3.10. The van der Waals surface area contributed by atoms with Crippen LogP contribution >= 0.6 is 0 Å². The molecule has 0 saturated heterocycles. The average molecular weight is 266 g/mol. The number of methoxy groups -OCH3 is 1. The quantitative estimate of drug-likeness (QED) is 0.787. The number of rotatable bonds is 5. The predicted molar refractivity (Wildman–Crippen MR) is 66.5 cm³/mol. The molecule has 1 heterocycles. The number of hydrogen-bond donors (Lipinski definition) is 1. The van der Waals surface area contributed by atoms with E-state index in [1.165, 1.54) is 12.0 Å². The molecular formula is C12H18N4O3. The number of esters is 1. The summed E-state index contributed by atoms with van der Waals surface area (Å²) in [5.74, 6) is 0.348. The minimum atomic E-state index is -0.374. The largest absolute Gasteiger partial charge is 0.469 e. The van der Waals surface area contributed by atoms with Gasteiger partial charge in [0.25, 0.3) is 5.91 Å². The Hall–Kier alpha value is -1.92. The molecule has 7 nitrogen and oxygen atoms in total. The molecule has 1 aromatic rings. The highest BCUT2D eigenvalue weighted by atomic mass is 16.5. The van der Waals surface area contributed by atoms with E-state index in [1.807, 2.05) is 0 Å². The monoisotopic (exact) mass is 266 g/mol. The minimum Gasteiger partial charge on any atom is -0.469 e. The van der Waals surface area contributed by atoms with Gasteiger partial charge in [0.1, 0.15) is 5.82 Å². The maximum atomic E-state index is 12.1. The van der Waals surface area contributed by atoms with E-state index in [2.05, 4.69) is 19.9 Å². The number of aromatic nitrogens is 3. The Labute approximate surface area is 111 Å². The molecule has 0 radical (unpaired) electrons. The molecule has 1 saturated carbocycles. The molecule has 1 unspecified atom stereocenters. The van der Waals surface area contributed by atoms with Gasteiger partial charge in [-0.05, 0) is 12.8 Å². The molecule has 1 amide bonds. The van der Waals surface area contributed by atoms with Gasteiger partial charge >= 0.3 is 5.97 Å². The third-order valence-electron chi connectivity index (χ3n) is 3.16. The Morgan fingerprint density at radius 2 is 2.21 bits per heavy atom. The number of hydrogen-bond acceptors (Lipinski definition) is 5. The Morgan fingerprint density at radius 3 is 2.79 bits per heavy atom. The number of H-pyrrole nitrogens is 1. The summed E-state index contributed by atoms with van der Waals surface area (Å²) in [7, 11) is 2.95. The van der Waals surface area contributed by atoms with Crippen molar-refractivity contribution in [3.8, 4) is 0 Å². The van der Waals surface area contributed by atoms with Gasteiger partial charge in [0.05, 0.1) is 13.0 Å². The van der Waals surface area contributed by atoms with Gasteiger partial charge in [0.2, 0.25) is 5.82 Å². The zero-order chi connectivity index (χ0) is 14.0. The second-order valence-corrected chi connectivity index (χ2v) is 4.93. The van der Waals surface area contributed by atoms with Gasteiger partial charge in [-0.25, -0.2) is 4.98 Å². The molecule has 1 aliphatic carbocycles. The van der Waals surface area contributed by atoms with Crippen LogP contribution in [0.4, 0.5) is 0 Å². The zero-order valence-corrected chi connectivity index (χ0v) is 11.3. The van der Waals surface area contributed by atoms with Crippen LogP contribution in [0.15, 0.2) is 0 Å². The topological polar surface area (TPSA) is 88.2 Å². The van der Waals surface area contributed by atoms with E-state index in [9.17, 15) is 9.59 Å². The van der Waals surface area contributed by atoms with Crippen LogP contribution in [0.5, 0.6) is 0 Å². The van der Waals surface area contributed by atoms with Gasteiger partial charge in [0.15, 0.2) is 0 Å². The molecule has 1 atom stereocenters. The van der Waals surface area contributed by atoms with Crippen molar-refractivity contribution in [3.63, 3.8) is 0 Å². The standard InChI is InChI=1S/C12H18N4O3/c1-7(12(18)19-3)6-16(2)11(17)10-13-9(14-15-10)8-4-5-8/h7-8H,4-6H2,1-3H3,(H,13,14,15). The van der Waals surface area contributed by atoms with E-state index >= 15 is 0 Å². The Bertz CT molecular complexity index is 481. The first-order chi connectivity index (χ1) is 9.02. The first-order valence-electron chi connectivity index (χ1n) is 6.28. The van der Waals surface area contributed by atoms with Crippen LogP contribution < -0.4 is 0 Å². The van der Waals surface area contributed by atoms with Gasteiger partial charge in [0, 0.05) is 19.5 Å². The highest BCUT2D eigenvalue weighted by molar-refractivity contribution is 5.90. The lowest BCUT2D eigenvalue weighted by Gasteiger charge is -2.18. The van der Waals surface area contributed by atoms with E-state index in [-0.39, 0.29) is 30.2 Å². The molecule has 1 fully saturated rings.